The van der Waals surface area contributed by atoms with E-state index in [2.05, 4.69) is 15.2 Å². The average molecular weight is 370 g/mol. The van der Waals surface area contributed by atoms with Crippen LogP contribution in [0.25, 0.3) is 10.9 Å². The van der Waals surface area contributed by atoms with Crippen LogP contribution in [0.5, 0.6) is 5.75 Å². The van der Waals surface area contributed by atoms with Crippen LogP contribution in [0, 0.1) is 0 Å². The number of pyridine rings is 1. The van der Waals surface area contributed by atoms with Crippen molar-refractivity contribution in [3.8, 4) is 5.75 Å². The highest BCUT2D eigenvalue weighted by atomic mass is 35.5. The van der Waals surface area contributed by atoms with Gasteiger partial charge in [-0.3, -0.25) is 0 Å². The summed E-state index contributed by atoms with van der Waals surface area (Å²) < 4.78 is 31.8. The maximum absolute atomic E-state index is 13.0. The summed E-state index contributed by atoms with van der Waals surface area (Å²) in [7, 11) is 0. The second-order valence-electron chi connectivity index (χ2n) is 5.48. The van der Waals surface area contributed by atoms with Gasteiger partial charge in [-0.15, -0.1) is 10.2 Å². The summed E-state index contributed by atoms with van der Waals surface area (Å²) >= 11 is 7.44. The van der Waals surface area contributed by atoms with Gasteiger partial charge >= 0.3 is 0 Å². The Bertz CT molecular complexity index is 870. The third kappa shape index (κ3) is 3.62. The number of alkyl halides is 2. The van der Waals surface area contributed by atoms with Gasteiger partial charge in [0.1, 0.15) is 23.1 Å². The Kier molecular flexibility index (Phi) is 4.91. The molecule has 3 aromatic rings. The number of fused-ring (bicyclic) bond motifs is 1. The number of hydrogen-bond acceptors (Lipinski definition) is 5. The Morgan fingerprint density at radius 1 is 1.21 bits per heavy atom. The summed E-state index contributed by atoms with van der Waals surface area (Å²) in [5.41, 5.74) is 0.0762. The van der Waals surface area contributed by atoms with Crippen LogP contribution in [0.15, 0.2) is 24.3 Å². The van der Waals surface area contributed by atoms with E-state index in [1.165, 1.54) is 17.4 Å². The molecule has 0 fully saturated rings. The van der Waals surface area contributed by atoms with Crippen molar-refractivity contribution in [1.82, 2.24) is 15.2 Å². The minimum atomic E-state index is -2.68. The first kappa shape index (κ1) is 17.0. The van der Waals surface area contributed by atoms with Gasteiger partial charge in [0.2, 0.25) is 0 Å². The van der Waals surface area contributed by atoms with Crippen LogP contribution in [-0.2, 0) is 6.61 Å². The summed E-state index contributed by atoms with van der Waals surface area (Å²) in [6.07, 6.45) is -2.68. The molecule has 0 unspecified atom stereocenters. The summed E-state index contributed by atoms with van der Waals surface area (Å²) in [6.45, 7) is 4.20. The molecule has 0 atom stereocenters. The average Bonchev–Trinajstić information content (AvgIpc) is 3.01. The number of rotatable bonds is 5. The maximum Gasteiger partial charge on any atom is 0.280 e. The summed E-state index contributed by atoms with van der Waals surface area (Å²) in [5.74, 6) is 0.585. The lowest BCUT2D eigenvalue weighted by atomic mass is 10.2. The molecule has 8 heteroatoms. The standard InChI is InChI=1S/C16H14ClF2N3OS/c1-8(2)16-22-21-14(24-16)7-23-13-6-12(15(18)19)20-11-4-3-9(17)5-10(11)13/h3-6,8,15H,7H2,1-2H3. The molecule has 0 N–H and O–H groups in total. The predicted molar refractivity (Wildman–Crippen MR) is 90.0 cm³/mol. The van der Waals surface area contributed by atoms with Crippen molar-refractivity contribution in [2.24, 2.45) is 0 Å². The zero-order chi connectivity index (χ0) is 17.3. The second kappa shape index (κ2) is 6.94. The van der Waals surface area contributed by atoms with E-state index in [0.717, 1.165) is 5.01 Å². The highest BCUT2D eigenvalue weighted by Gasteiger charge is 2.15. The molecule has 0 saturated carbocycles. The van der Waals surface area contributed by atoms with Crippen LogP contribution in [0.4, 0.5) is 8.78 Å². The van der Waals surface area contributed by atoms with Crippen LogP contribution in [0.2, 0.25) is 5.02 Å². The molecule has 3 rings (SSSR count). The van der Waals surface area contributed by atoms with Crippen molar-refractivity contribution in [2.45, 2.75) is 32.8 Å². The van der Waals surface area contributed by atoms with Gasteiger partial charge in [0.05, 0.1) is 5.52 Å². The molecule has 0 spiro atoms. The molecule has 24 heavy (non-hydrogen) atoms. The van der Waals surface area contributed by atoms with E-state index in [1.54, 1.807) is 18.2 Å². The lowest BCUT2D eigenvalue weighted by Crippen LogP contribution is -1.99. The van der Waals surface area contributed by atoms with Gasteiger partial charge in [-0.25, -0.2) is 13.8 Å². The van der Waals surface area contributed by atoms with Gasteiger partial charge in [-0.1, -0.05) is 36.8 Å². The smallest absolute Gasteiger partial charge is 0.280 e. The fourth-order valence-electron chi connectivity index (χ4n) is 2.12. The molecule has 2 heterocycles. The Labute approximate surface area is 146 Å². The minimum Gasteiger partial charge on any atom is -0.486 e. The van der Waals surface area contributed by atoms with E-state index >= 15 is 0 Å². The molecular formula is C16H14ClF2N3OS. The van der Waals surface area contributed by atoms with Crippen LogP contribution in [0.1, 0.15) is 41.9 Å². The van der Waals surface area contributed by atoms with Crippen LogP contribution >= 0.6 is 22.9 Å². The maximum atomic E-state index is 13.0. The van der Waals surface area contributed by atoms with Crippen molar-refractivity contribution in [1.29, 1.82) is 0 Å². The summed E-state index contributed by atoms with van der Waals surface area (Å²) in [5, 5.41) is 10.8. The Morgan fingerprint density at radius 2 is 2.00 bits per heavy atom. The van der Waals surface area contributed by atoms with Gasteiger partial charge in [0.15, 0.2) is 5.01 Å². The molecule has 0 radical (unpaired) electrons. The zero-order valence-corrected chi connectivity index (χ0v) is 14.5. The molecule has 0 amide bonds. The van der Waals surface area contributed by atoms with Crippen molar-refractivity contribution >= 4 is 33.8 Å². The molecule has 0 bridgehead atoms. The van der Waals surface area contributed by atoms with Crippen molar-refractivity contribution in [3.05, 3.63) is 45.0 Å². The third-order valence-corrected chi connectivity index (χ3v) is 4.74. The predicted octanol–water partition coefficient (Wildman–Crippen LogP) is 5.38. The first-order chi connectivity index (χ1) is 11.4. The van der Waals surface area contributed by atoms with Gasteiger partial charge < -0.3 is 4.74 Å². The lowest BCUT2D eigenvalue weighted by molar-refractivity contribution is 0.146. The number of nitrogens with zero attached hydrogens (tertiary/aromatic N) is 3. The van der Waals surface area contributed by atoms with Crippen molar-refractivity contribution in [3.63, 3.8) is 0 Å². The van der Waals surface area contributed by atoms with E-state index < -0.39 is 6.43 Å². The zero-order valence-electron chi connectivity index (χ0n) is 13.0. The monoisotopic (exact) mass is 369 g/mol. The fourth-order valence-corrected chi connectivity index (χ4v) is 3.05. The van der Waals surface area contributed by atoms with Crippen LogP contribution in [-0.4, -0.2) is 15.2 Å². The third-order valence-electron chi connectivity index (χ3n) is 3.30. The number of benzene rings is 1. The highest BCUT2D eigenvalue weighted by Crippen LogP contribution is 2.32. The van der Waals surface area contributed by atoms with Gasteiger partial charge in [0.25, 0.3) is 6.43 Å². The van der Waals surface area contributed by atoms with E-state index in [0.29, 0.717) is 26.7 Å². The van der Waals surface area contributed by atoms with Gasteiger partial charge in [-0.05, 0) is 18.2 Å². The molecule has 0 aliphatic carbocycles. The van der Waals surface area contributed by atoms with Gasteiger partial charge in [0, 0.05) is 22.4 Å². The van der Waals surface area contributed by atoms with Crippen molar-refractivity contribution in [2.75, 3.05) is 0 Å². The molecule has 0 aliphatic heterocycles. The van der Waals surface area contributed by atoms with E-state index in [-0.39, 0.29) is 18.2 Å². The molecule has 126 valence electrons. The van der Waals surface area contributed by atoms with Crippen LogP contribution in [0.3, 0.4) is 0 Å². The largest absolute Gasteiger partial charge is 0.486 e. The number of aromatic nitrogens is 3. The Morgan fingerprint density at radius 3 is 2.67 bits per heavy atom. The number of hydrogen-bond donors (Lipinski definition) is 0. The summed E-state index contributed by atoms with van der Waals surface area (Å²) in [4.78, 5) is 3.94. The molecular weight excluding hydrogens is 356 g/mol. The van der Waals surface area contributed by atoms with E-state index in [9.17, 15) is 8.78 Å². The molecule has 1 aromatic carbocycles. The molecule has 0 saturated heterocycles. The Balaban J connectivity index is 1.92. The minimum absolute atomic E-state index is 0.151. The lowest BCUT2D eigenvalue weighted by Gasteiger charge is -2.10. The second-order valence-corrected chi connectivity index (χ2v) is 7.01. The first-order valence-corrected chi connectivity index (χ1v) is 8.47. The Hall–Kier alpha value is -1.86. The first-order valence-electron chi connectivity index (χ1n) is 7.27. The molecule has 0 aliphatic rings. The molecule has 4 nitrogen and oxygen atoms in total. The quantitative estimate of drug-likeness (QED) is 0.605. The normalized spacial score (nSPS) is 11.6. The summed E-state index contributed by atoms with van der Waals surface area (Å²) in [6, 6.07) is 6.09. The fraction of sp³-hybridized carbons (Fsp3) is 0.312. The highest BCUT2D eigenvalue weighted by molar-refractivity contribution is 7.11. The number of ether oxygens (including phenoxy) is 1. The van der Waals surface area contributed by atoms with E-state index in [4.69, 9.17) is 16.3 Å². The van der Waals surface area contributed by atoms with Gasteiger partial charge in [-0.2, -0.15) is 0 Å². The topological polar surface area (TPSA) is 47.9 Å². The van der Waals surface area contributed by atoms with E-state index in [1.807, 2.05) is 13.8 Å². The number of halogens is 3. The van der Waals surface area contributed by atoms with Crippen LogP contribution < -0.4 is 4.74 Å². The van der Waals surface area contributed by atoms with Crippen molar-refractivity contribution < 1.29 is 13.5 Å². The molecule has 2 aromatic heterocycles. The SMILES string of the molecule is CC(C)c1nnc(COc2cc(C(F)F)nc3ccc(Cl)cc23)s1.